The van der Waals surface area contributed by atoms with E-state index in [1.54, 1.807) is 6.92 Å². The van der Waals surface area contributed by atoms with Gasteiger partial charge in [0, 0.05) is 25.2 Å². The maximum atomic E-state index is 12.0. The van der Waals surface area contributed by atoms with E-state index in [1.807, 2.05) is 0 Å². The zero-order valence-corrected chi connectivity index (χ0v) is 11.8. The van der Waals surface area contributed by atoms with Crippen LogP contribution in [0.15, 0.2) is 18.2 Å². The van der Waals surface area contributed by atoms with Crippen molar-refractivity contribution < 1.29 is 14.5 Å². The summed E-state index contributed by atoms with van der Waals surface area (Å²) in [4.78, 5) is 34.6. The molecule has 0 fully saturated rings. The molecule has 1 aromatic carbocycles. The maximum absolute atomic E-state index is 12.0. The van der Waals surface area contributed by atoms with Gasteiger partial charge in [-0.05, 0) is 19.1 Å². The number of carbonyl (C=O) groups is 2. The first-order valence-electron chi connectivity index (χ1n) is 5.83. The number of nitrogens with one attached hydrogen (secondary N) is 1. The minimum absolute atomic E-state index is 0.0960. The molecule has 0 unspecified atom stereocenters. The lowest BCUT2D eigenvalue weighted by Gasteiger charge is -2.16. The van der Waals surface area contributed by atoms with Gasteiger partial charge in [-0.15, -0.1) is 0 Å². The van der Waals surface area contributed by atoms with Crippen molar-refractivity contribution >= 4 is 29.1 Å². The molecule has 8 heteroatoms. The lowest BCUT2D eigenvalue weighted by Crippen LogP contribution is -2.38. The van der Waals surface area contributed by atoms with E-state index >= 15 is 0 Å². The van der Waals surface area contributed by atoms with Gasteiger partial charge in [0.15, 0.2) is 0 Å². The summed E-state index contributed by atoms with van der Waals surface area (Å²) in [5, 5.41) is 13.1. The third kappa shape index (κ3) is 3.92. The Kier molecular flexibility index (Phi) is 5.45. The summed E-state index contributed by atoms with van der Waals surface area (Å²) in [6.45, 7) is 2.15. The van der Waals surface area contributed by atoms with Crippen molar-refractivity contribution in [1.29, 1.82) is 0 Å². The van der Waals surface area contributed by atoms with E-state index in [0.717, 1.165) is 6.07 Å². The number of carbonyl (C=O) groups excluding carboxylic acids is 2. The van der Waals surface area contributed by atoms with E-state index in [9.17, 15) is 19.7 Å². The number of nitro groups is 1. The highest BCUT2D eigenvalue weighted by molar-refractivity contribution is 6.33. The normalized spacial score (nSPS) is 9.95. The van der Waals surface area contributed by atoms with Crippen molar-refractivity contribution in [1.82, 2.24) is 10.2 Å². The lowest BCUT2D eigenvalue weighted by molar-refractivity contribution is -0.384. The summed E-state index contributed by atoms with van der Waals surface area (Å²) >= 11 is 5.74. The fourth-order valence-electron chi connectivity index (χ4n) is 1.55. The quantitative estimate of drug-likeness (QED) is 0.658. The number of benzene rings is 1. The Bertz CT molecular complexity index is 548. The SMILES string of the molecule is CCNC(=O)CN(C)C(=O)c1ccc([N+](=O)[O-])c(Cl)c1. The fourth-order valence-corrected chi connectivity index (χ4v) is 1.80. The summed E-state index contributed by atoms with van der Waals surface area (Å²) in [6, 6.07) is 3.69. The Balaban J connectivity index is 2.84. The number of likely N-dealkylation sites (N-methyl/N-ethyl adjacent to an activating group) is 2. The number of rotatable bonds is 5. The zero-order valence-electron chi connectivity index (χ0n) is 11.1. The smallest absolute Gasteiger partial charge is 0.287 e. The molecule has 0 saturated carbocycles. The minimum Gasteiger partial charge on any atom is -0.355 e. The molecule has 1 N–H and O–H groups in total. The Hall–Kier alpha value is -2.15. The van der Waals surface area contributed by atoms with Gasteiger partial charge in [0.2, 0.25) is 5.91 Å². The van der Waals surface area contributed by atoms with Crippen LogP contribution in [0.5, 0.6) is 0 Å². The van der Waals surface area contributed by atoms with E-state index in [-0.39, 0.29) is 28.7 Å². The highest BCUT2D eigenvalue weighted by Gasteiger charge is 2.18. The molecule has 0 radical (unpaired) electrons. The van der Waals surface area contributed by atoms with E-state index in [0.29, 0.717) is 6.54 Å². The van der Waals surface area contributed by atoms with Gasteiger partial charge in [-0.1, -0.05) is 11.6 Å². The molecular weight excluding hydrogens is 286 g/mol. The number of hydrogen-bond donors (Lipinski definition) is 1. The third-order valence-corrected chi connectivity index (χ3v) is 2.80. The first kappa shape index (κ1) is 15.9. The molecule has 0 aliphatic rings. The van der Waals surface area contributed by atoms with Gasteiger partial charge in [0.25, 0.3) is 11.6 Å². The molecule has 0 bridgehead atoms. The van der Waals surface area contributed by atoms with E-state index < -0.39 is 10.8 Å². The molecule has 1 aromatic rings. The van der Waals surface area contributed by atoms with Crippen LogP contribution in [0.25, 0.3) is 0 Å². The average Bonchev–Trinajstić information content (AvgIpc) is 2.37. The molecular formula is C12H14ClN3O4. The monoisotopic (exact) mass is 299 g/mol. The predicted molar refractivity (Wildman–Crippen MR) is 73.8 cm³/mol. The van der Waals surface area contributed by atoms with Gasteiger partial charge in [0.1, 0.15) is 5.02 Å². The topological polar surface area (TPSA) is 92.6 Å². The Morgan fingerprint density at radius 2 is 2.10 bits per heavy atom. The fraction of sp³-hybridized carbons (Fsp3) is 0.333. The van der Waals surface area contributed by atoms with Crippen LogP contribution in [0.3, 0.4) is 0 Å². The summed E-state index contributed by atoms with van der Waals surface area (Å²) in [5.41, 5.74) is -0.0815. The van der Waals surface area contributed by atoms with Gasteiger partial charge >= 0.3 is 0 Å². The van der Waals surface area contributed by atoms with Crippen molar-refractivity contribution in [3.63, 3.8) is 0 Å². The van der Waals surface area contributed by atoms with Crippen LogP contribution in [-0.4, -0.2) is 41.8 Å². The Morgan fingerprint density at radius 1 is 1.45 bits per heavy atom. The lowest BCUT2D eigenvalue weighted by atomic mass is 10.2. The van der Waals surface area contributed by atoms with Crippen LogP contribution in [0.1, 0.15) is 17.3 Å². The number of amides is 2. The first-order chi connectivity index (χ1) is 9.36. The molecule has 7 nitrogen and oxygen atoms in total. The molecule has 0 spiro atoms. The molecule has 0 aliphatic heterocycles. The summed E-state index contributed by atoms with van der Waals surface area (Å²) in [6.07, 6.45) is 0. The summed E-state index contributed by atoms with van der Waals surface area (Å²) in [7, 11) is 1.47. The van der Waals surface area contributed by atoms with Crippen molar-refractivity contribution in [3.8, 4) is 0 Å². The van der Waals surface area contributed by atoms with Crippen LogP contribution < -0.4 is 5.32 Å². The number of hydrogen-bond acceptors (Lipinski definition) is 4. The molecule has 108 valence electrons. The average molecular weight is 300 g/mol. The van der Waals surface area contributed by atoms with Crippen LogP contribution in [0.2, 0.25) is 5.02 Å². The second-order valence-corrected chi connectivity index (χ2v) is 4.45. The number of nitrogens with zero attached hydrogens (tertiary/aromatic N) is 2. The van der Waals surface area contributed by atoms with Gasteiger partial charge in [-0.25, -0.2) is 0 Å². The number of nitro benzene ring substituents is 1. The van der Waals surface area contributed by atoms with Gasteiger partial charge in [-0.2, -0.15) is 0 Å². The molecule has 0 heterocycles. The highest BCUT2D eigenvalue weighted by atomic mass is 35.5. The van der Waals surface area contributed by atoms with Crippen LogP contribution in [-0.2, 0) is 4.79 Å². The zero-order chi connectivity index (χ0) is 15.3. The van der Waals surface area contributed by atoms with Crippen molar-refractivity contribution in [2.75, 3.05) is 20.1 Å². The van der Waals surface area contributed by atoms with E-state index in [2.05, 4.69) is 5.32 Å². The molecule has 2 amide bonds. The third-order valence-electron chi connectivity index (χ3n) is 2.49. The maximum Gasteiger partial charge on any atom is 0.287 e. The molecule has 0 aliphatic carbocycles. The first-order valence-corrected chi connectivity index (χ1v) is 6.20. The van der Waals surface area contributed by atoms with Crippen molar-refractivity contribution in [2.24, 2.45) is 0 Å². The minimum atomic E-state index is -0.630. The largest absolute Gasteiger partial charge is 0.355 e. The molecule has 20 heavy (non-hydrogen) atoms. The second kappa shape index (κ2) is 6.85. The van der Waals surface area contributed by atoms with Crippen LogP contribution in [0, 0.1) is 10.1 Å². The van der Waals surface area contributed by atoms with Crippen LogP contribution >= 0.6 is 11.6 Å². The van der Waals surface area contributed by atoms with Gasteiger partial charge < -0.3 is 10.2 Å². The van der Waals surface area contributed by atoms with Crippen molar-refractivity contribution in [3.05, 3.63) is 38.9 Å². The molecule has 1 rings (SSSR count). The predicted octanol–water partition coefficient (Wildman–Crippen LogP) is 1.46. The van der Waals surface area contributed by atoms with E-state index in [1.165, 1.54) is 24.1 Å². The summed E-state index contributed by atoms with van der Waals surface area (Å²) < 4.78 is 0. The Labute approximate surface area is 120 Å². The second-order valence-electron chi connectivity index (χ2n) is 4.04. The number of halogens is 1. The van der Waals surface area contributed by atoms with E-state index in [4.69, 9.17) is 11.6 Å². The summed E-state index contributed by atoms with van der Waals surface area (Å²) in [5.74, 6) is -0.718. The van der Waals surface area contributed by atoms with Crippen molar-refractivity contribution in [2.45, 2.75) is 6.92 Å². The van der Waals surface area contributed by atoms with Gasteiger partial charge in [-0.3, -0.25) is 19.7 Å². The molecule has 0 atom stereocenters. The van der Waals surface area contributed by atoms with Gasteiger partial charge in [0.05, 0.1) is 11.5 Å². The molecule has 0 saturated heterocycles. The standard InChI is InChI=1S/C12H14ClN3O4/c1-3-14-11(17)7-15(2)12(18)8-4-5-10(16(19)20)9(13)6-8/h4-6H,3,7H2,1-2H3,(H,14,17). The Morgan fingerprint density at radius 3 is 2.60 bits per heavy atom. The highest BCUT2D eigenvalue weighted by Crippen LogP contribution is 2.25. The van der Waals surface area contributed by atoms with Crippen LogP contribution in [0.4, 0.5) is 5.69 Å². The molecule has 0 aromatic heterocycles.